The van der Waals surface area contributed by atoms with Gasteiger partial charge in [0.15, 0.2) is 5.95 Å². The molecule has 2 aromatic rings. The van der Waals surface area contributed by atoms with Gasteiger partial charge in [-0.3, -0.25) is 0 Å². The van der Waals surface area contributed by atoms with E-state index >= 15 is 0 Å². The van der Waals surface area contributed by atoms with Crippen molar-refractivity contribution in [2.45, 2.75) is 33.4 Å². The third-order valence-electron chi connectivity index (χ3n) is 5.10. The zero-order chi connectivity index (χ0) is 17.5. The number of H-pyrrole nitrogens is 2. The zero-order valence-electron chi connectivity index (χ0n) is 14.6. The molecular weight excluding hydrogens is 325 g/mol. The van der Waals surface area contributed by atoms with Crippen molar-refractivity contribution in [2.75, 3.05) is 24.2 Å². The molecule has 0 amide bonds. The number of imidazole rings is 2. The lowest BCUT2D eigenvalue weighted by Crippen LogP contribution is -2.17. The second-order valence-corrected chi connectivity index (χ2v) is 10.4. The summed E-state index contributed by atoms with van der Waals surface area (Å²) >= 11 is 0. The summed E-state index contributed by atoms with van der Waals surface area (Å²) in [7, 11) is -2.46. The Morgan fingerprint density at radius 3 is 2.50 bits per heavy atom. The Hall–Kier alpha value is -1.75. The average Bonchev–Trinajstić information content (AvgIpc) is 3.12. The first-order valence-corrected chi connectivity index (χ1v) is 10.5. The highest BCUT2D eigenvalue weighted by molar-refractivity contribution is 7.64. The van der Waals surface area contributed by atoms with Crippen molar-refractivity contribution in [1.82, 2.24) is 19.9 Å². The number of aromatic nitrogens is 4. The van der Waals surface area contributed by atoms with E-state index in [1.807, 2.05) is 13.1 Å². The van der Waals surface area contributed by atoms with Crippen molar-refractivity contribution in [1.29, 1.82) is 0 Å². The van der Waals surface area contributed by atoms with Crippen LogP contribution in [0.5, 0.6) is 5.88 Å². The van der Waals surface area contributed by atoms with Crippen molar-refractivity contribution in [2.24, 2.45) is 11.8 Å². The van der Waals surface area contributed by atoms with E-state index in [9.17, 15) is 9.67 Å². The first kappa shape index (κ1) is 17.1. The molecule has 1 aliphatic heterocycles. The minimum atomic E-state index is -2.46. The molecular formula is C16H26N5O2P. The molecule has 132 valence electrons. The normalized spacial score (nSPS) is 28.2. The largest absolute Gasteiger partial charge is 0.493 e. The average molecular weight is 351 g/mol. The molecule has 0 bridgehead atoms. The maximum atomic E-state index is 13.7. The molecule has 8 heteroatoms. The smallest absolute Gasteiger partial charge is 0.211 e. The molecule has 3 heterocycles. The highest BCUT2D eigenvalue weighted by atomic mass is 31.2. The number of nitrogens with one attached hydrogen (secondary N) is 3. The van der Waals surface area contributed by atoms with Crippen LogP contribution in [0.1, 0.15) is 36.7 Å². The van der Waals surface area contributed by atoms with Gasteiger partial charge in [-0.05, 0) is 25.7 Å². The zero-order valence-corrected chi connectivity index (χ0v) is 15.5. The third kappa shape index (κ3) is 3.22. The highest BCUT2D eigenvalue weighted by Crippen LogP contribution is 2.65. The second kappa shape index (κ2) is 6.28. The summed E-state index contributed by atoms with van der Waals surface area (Å²) in [5.41, 5.74) is 1.18. The molecule has 24 heavy (non-hydrogen) atoms. The minimum Gasteiger partial charge on any atom is -0.493 e. The SMILES string of the molecule is Cc1c[nH]c(NCC(c2nc(C)c(O)[nH]2)P2(=O)C[C@@H](C)[C@@H](C)C2)n1. The van der Waals surface area contributed by atoms with Gasteiger partial charge < -0.3 is 25.0 Å². The Labute approximate surface area is 142 Å². The van der Waals surface area contributed by atoms with E-state index in [0.29, 0.717) is 35.8 Å². The number of anilines is 1. The van der Waals surface area contributed by atoms with Crippen molar-refractivity contribution in [3.63, 3.8) is 0 Å². The van der Waals surface area contributed by atoms with Crippen LogP contribution in [-0.4, -0.2) is 43.9 Å². The van der Waals surface area contributed by atoms with Gasteiger partial charge in [0.25, 0.3) is 0 Å². The van der Waals surface area contributed by atoms with Crippen LogP contribution < -0.4 is 5.32 Å². The van der Waals surface area contributed by atoms with Crippen LogP contribution in [0.2, 0.25) is 0 Å². The van der Waals surface area contributed by atoms with Gasteiger partial charge in [0.05, 0.1) is 17.0 Å². The van der Waals surface area contributed by atoms with Gasteiger partial charge >= 0.3 is 0 Å². The van der Waals surface area contributed by atoms with Gasteiger partial charge in [-0.25, -0.2) is 9.97 Å². The Balaban J connectivity index is 1.87. The number of hydrogen-bond acceptors (Lipinski definition) is 5. The fourth-order valence-electron chi connectivity index (χ4n) is 3.48. The Morgan fingerprint density at radius 2 is 2.00 bits per heavy atom. The molecule has 4 atom stereocenters. The predicted octanol–water partition coefficient (Wildman–Crippen LogP) is 3.26. The van der Waals surface area contributed by atoms with Crippen LogP contribution in [0.4, 0.5) is 5.95 Å². The van der Waals surface area contributed by atoms with Gasteiger partial charge in [-0.15, -0.1) is 0 Å². The molecule has 0 aliphatic carbocycles. The highest BCUT2D eigenvalue weighted by Gasteiger charge is 2.44. The van der Waals surface area contributed by atoms with Gasteiger partial charge in [-0.2, -0.15) is 0 Å². The summed E-state index contributed by atoms with van der Waals surface area (Å²) in [6.45, 7) is 8.45. The van der Waals surface area contributed by atoms with Crippen LogP contribution in [-0.2, 0) is 4.57 Å². The van der Waals surface area contributed by atoms with Crippen molar-refractivity contribution in [3.8, 4) is 5.88 Å². The van der Waals surface area contributed by atoms with Gasteiger partial charge in [0, 0.05) is 25.1 Å². The van der Waals surface area contributed by atoms with Crippen LogP contribution in [0.3, 0.4) is 0 Å². The maximum Gasteiger partial charge on any atom is 0.211 e. The standard InChI is InChI=1S/C16H26N5O2P/c1-9-7-24(23,8-10(9)2)13(14-20-12(4)15(22)21-14)6-18-16-17-5-11(3)19-16/h5,9-10,13,22H,6-8H2,1-4H3,(H,20,21)(H2,17,18,19)/t9-,10+,13?,24?. The Kier molecular flexibility index (Phi) is 4.47. The van der Waals surface area contributed by atoms with Crippen LogP contribution in [0, 0.1) is 25.7 Å². The van der Waals surface area contributed by atoms with Crippen LogP contribution in [0.25, 0.3) is 0 Å². The van der Waals surface area contributed by atoms with E-state index in [1.54, 1.807) is 6.92 Å². The molecule has 1 fully saturated rings. The summed E-state index contributed by atoms with van der Waals surface area (Å²) in [6, 6.07) is 0. The van der Waals surface area contributed by atoms with Gasteiger partial charge in [0.1, 0.15) is 13.0 Å². The van der Waals surface area contributed by atoms with Crippen molar-refractivity contribution < 1.29 is 9.67 Å². The molecule has 7 nitrogen and oxygen atoms in total. The summed E-state index contributed by atoms with van der Waals surface area (Å²) in [5, 5.41) is 13.1. The molecule has 2 aromatic heterocycles. The van der Waals surface area contributed by atoms with Gasteiger partial charge in [0.2, 0.25) is 5.88 Å². The summed E-state index contributed by atoms with van der Waals surface area (Å²) in [5.74, 6) is 2.20. The molecule has 2 unspecified atom stereocenters. The number of rotatable bonds is 5. The molecule has 0 radical (unpaired) electrons. The van der Waals surface area contributed by atoms with E-state index in [-0.39, 0.29) is 11.5 Å². The van der Waals surface area contributed by atoms with Crippen molar-refractivity contribution in [3.05, 3.63) is 23.4 Å². The lowest BCUT2D eigenvalue weighted by molar-refractivity contribution is 0.451. The quantitative estimate of drug-likeness (QED) is 0.619. The topological polar surface area (TPSA) is 107 Å². The lowest BCUT2D eigenvalue weighted by atomic mass is 10.0. The first-order chi connectivity index (χ1) is 11.3. The number of hydrogen-bond donors (Lipinski definition) is 4. The summed E-state index contributed by atoms with van der Waals surface area (Å²) in [4.78, 5) is 14.7. The Morgan fingerprint density at radius 1 is 1.33 bits per heavy atom. The van der Waals surface area contributed by atoms with Crippen LogP contribution >= 0.6 is 7.14 Å². The molecule has 3 rings (SSSR count). The van der Waals surface area contributed by atoms with E-state index in [0.717, 1.165) is 18.0 Å². The molecule has 0 spiro atoms. The number of aromatic hydroxyl groups is 1. The summed E-state index contributed by atoms with van der Waals surface area (Å²) < 4.78 is 13.7. The second-order valence-electron chi connectivity index (χ2n) is 7.12. The van der Waals surface area contributed by atoms with Crippen molar-refractivity contribution >= 4 is 13.1 Å². The van der Waals surface area contributed by atoms with E-state index in [2.05, 4.69) is 39.1 Å². The van der Waals surface area contributed by atoms with Gasteiger partial charge in [-0.1, -0.05) is 13.8 Å². The number of aromatic amines is 2. The van der Waals surface area contributed by atoms with E-state index in [4.69, 9.17) is 0 Å². The maximum absolute atomic E-state index is 13.7. The molecule has 1 aliphatic rings. The van der Waals surface area contributed by atoms with E-state index < -0.39 is 7.14 Å². The first-order valence-electron chi connectivity index (χ1n) is 8.37. The number of nitrogens with zero attached hydrogens (tertiary/aromatic N) is 2. The molecule has 0 aromatic carbocycles. The van der Waals surface area contributed by atoms with Crippen LogP contribution in [0.15, 0.2) is 6.20 Å². The summed E-state index contributed by atoms with van der Waals surface area (Å²) in [6.07, 6.45) is 3.26. The fraction of sp³-hybridized carbons (Fsp3) is 0.625. The molecule has 0 saturated carbocycles. The molecule has 4 N–H and O–H groups in total. The van der Waals surface area contributed by atoms with E-state index in [1.165, 1.54) is 0 Å². The minimum absolute atomic E-state index is 0.0516. The lowest BCUT2D eigenvalue weighted by Gasteiger charge is -2.23. The Bertz CT molecular complexity index is 735. The third-order valence-corrected chi connectivity index (χ3v) is 9.05. The predicted molar refractivity (Wildman–Crippen MR) is 95.2 cm³/mol. The molecule has 1 saturated heterocycles. The fourth-order valence-corrected chi connectivity index (χ4v) is 7.80. The number of aryl methyl sites for hydroxylation is 2. The monoisotopic (exact) mass is 351 g/mol.